The lowest BCUT2D eigenvalue weighted by Crippen LogP contribution is -2.30. The molecule has 1 aromatic rings. The van der Waals surface area contributed by atoms with Gasteiger partial charge in [0.25, 0.3) is 0 Å². The molecular weight excluding hydrogens is 266 g/mol. The topological polar surface area (TPSA) is 59.3 Å². The lowest BCUT2D eigenvalue weighted by Gasteiger charge is -2.20. The fraction of sp³-hybridized carbons (Fsp3) is 0.429. The van der Waals surface area contributed by atoms with Gasteiger partial charge in [-0.2, -0.15) is 5.26 Å². The van der Waals surface area contributed by atoms with Gasteiger partial charge in [-0.1, -0.05) is 11.6 Å². The molecule has 1 aromatic carbocycles. The van der Waals surface area contributed by atoms with Gasteiger partial charge in [0, 0.05) is 11.4 Å². The molecule has 0 fully saturated rings. The van der Waals surface area contributed by atoms with Crippen LogP contribution in [0, 0.1) is 16.7 Å². The zero-order valence-corrected chi connectivity index (χ0v) is 12.0. The number of benzene rings is 1. The van der Waals surface area contributed by atoms with Crippen LogP contribution >= 0.6 is 11.6 Å². The van der Waals surface area contributed by atoms with Gasteiger partial charge < -0.3 is 9.47 Å². The number of carbonyl (C=O) groups excluding carboxylic acids is 1. The summed E-state index contributed by atoms with van der Waals surface area (Å²) in [6.45, 7) is 3.49. The molecule has 0 spiro atoms. The van der Waals surface area contributed by atoms with E-state index in [2.05, 4.69) is 0 Å². The number of methoxy groups -OCH3 is 1. The Kier molecular flexibility index (Phi) is 5.20. The van der Waals surface area contributed by atoms with Crippen LogP contribution in [0.15, 0.2) is 18.2 Å². The average molecular weight is 282 g/mol. The van der Waals surface area contributed by atoms with Gasteiger partial charge in [0.1, 0.15) is 5.75 Å². The molecule has 0 aliphatic heterocycles. The SMILES string of the molecule is CCOC(=O)C(C)(C#N)Cc1cc(Cl)ccc1OC. The van der Waals surface area contributed by atoms with E-state index in [-0.39, 0.29) is 13.0 Å². The third kappa shape index (κ3) is 3.62. The first-order valence-electron chi connectivity index (χ1n) is 5.87. The fourth-order valence-corrected chi connectivity index (χ4v) is 1.91. The van der Waals surface area contributed by atoms with Crippen molar-refractivity contribution in [2.75, 3.05) is 13.7 Å². The van der Waals surface area contributed by atoms with Gasteiger partial charge in [0.15, 0.2) is 5.41 Å². The van der Waals surface area contributed by atoms with Crippen LogP contribution in [0.1, 0.15) is 19.4 Å². The molecule has 0 heterocycles. The molecule has 0 aromatic heterocycles. The maximum Gasteiger partial charge on any atom is 0.326 e. The van der Waals surface area contributed by atoms with Crippen molar-refractivity contribution in [1.29, 1.82) is 5.26 Å². The van der Waals surface area contributed by atoms with E-state index in [9.17, 15) is 10.1 Å². The molecule has 0 N–H and O–H groups in total. The highest BCUT2D eigenvalue weighted by atomic mass is 35.5. The molecule has 1 unspecified atom stereocenters. The summed E-state index contributed by atoms with van der Waals surface area (Å²) in [4.78, 5) is 11.9. The molecular formula is C14H16ClNO3. The van der Waals surface area contributed by atoms with E-state index in [0.717, 1.165) is 0 Å². The van der Waals surface area contributed by atoms with Crippen molar-refractivity contribution < 1.29 is 14.3 Å². The van der Waals surface area contributed by atoms with Crippen LogP contribution in [0.5, 0.6) is 5.75 Å². The van der Waals surface area contributed by atoms with Gasteiger partial charge in [-0.25, -0.2) is 0 Å². The smallest absolute Gasteiger partial charge is 0.326 e. The second-order valence-corrected chi connectivity index (χ2v) is 4.73. The minimum absolute atomic E-state index is 0.187. The number of carbonyl (C=O) groups is 1. The van der Waals surface area contributed by atoms with Crippen molar-refractivity contribution in [2.24, 2.45) is 5.41 Å². The molecule has 102 valence electrons. The molecule has 1 atom stereocenters. The molecule has 0 saturated heterocycles. The Hall–Kier alpha value is -1.73. The number of ether oxygens (including phenoxy) is 2. The predicted octanol–water partition coefficient (Wildman–Crippen LogP) is 2.98. The van der Waals surface area contributed by atoms with E-state index in [1.165, 1.54) is 7.11 Å². The zero-order chi connectivity index (χ0) is 14.5. The number of hydrogen-bond donors (Lipinski definition) is 0. The number of rotatable bonds is 5. The number of esters is 1. The van der Waals surface area contributed by atoms with Crippen molar-refractivity contribution >= 4 is 17.6 Å². The molecule has 1 rings (SSSR count). The number of nitriles is 1. The first-order valence-corrected chi connectivity index (χ1v) is 6.25. The lowest BCUT2D eigenvalue weighted by atomic mass is 9.85. The highest BCUT2D eigenvalue weighted by molar-refractivity contribution is 6.30. The minimum atomic E-state index is -1.26. The second kappa shape index (κ2) is 6.44. The molecule has 19 heavy (non-hydrogen) atoms. The van der Waals surface area contributed by atoms with Crippen LogP contribution in [0.4, 0.5) is 0 Å². The Morgan fingerprint density at radius 2 is 2.21 bits per heavy atom. The Balaban J connectivity index is 3.08. The summed E-state index contributed by atoms with van der Waals surface area (Å²) < 4.78 is 10.1. The van der Waals surface area contributed by atoms with E-state index >= 15 is 0 Å². The van der Waals surface area contributed by atoms with Crippen molar-refractivity contribution in [1.82, 2.24) is 0 Å². The number of halogens is 1. The maximum atomic E-state index is 11.9. The standard InChI is InChI=1S/C14H16ClNO3/c1-4-19-13(17)14(2,9-16)8-10-7-11(15)5-6-12(10)18-3/h5-7H,4,8H2,1-3H3. The van der Waals surface area contributed by atoms with Crippen LogP contribution in [-0.4, -0.2) is 19.7 Å². The van der Waals surface area contributed by atoms with E-state index in [1.807, 2.05) is 6.07 Å². The van der Waals surface area contributed by atoms with E-state index in [1.54, 1.807) is 32.0 Å². The Bertz CT molecular complexity index is 510. The summed E-state index contributed by atoms with van der Waals surface area (Å²) in [5, 5.41) is 9.78. The number of hydrogen-bond acceptors (Lipinski definition) is 4. The molecule has 0 radical (unpaired) electrons. The number of nitrogens with zero attached hydrogens (tertiary/aromatic N) is 1. The van der Waals surface area contributed by atoms with Crippen LogP contribution in [0.3, 0.4) is 0 Å². The third-order valence-electron chi connectivity index (χ3n) is 2.76. The van der Waals surface area contributed by atoms with Crippen LogP contribution in [-0.2, 0) is 16.0 Å². The summed E-state index contributed by atoms with van der Waals surface area (Å²) in [7, 11) is 1.53. The normalized spacial score (nSPS) is 13.2. The third-order valence-corrected chi connectivity index (χ3v) is 2.99. The quantitative estimate of drug-likeness (QED) is 0.779. The molecule has 0 aliphatic rings. The molecule has 4 nitrogen and oxygen atoms in total. The Morgan fingerprint density at radius 1 is 1.53 bits per heavy atom. The molecule has 0 bridgehead atoms. The summed E-state index contributed by atoms with van der Waals surface area (Å²) in [5.41, 5.74) is -0.555. The van der Waals surface area contributed by atoms with Crippen LogP contribution < -0.4 is 4.74 Å². The van der Waals surface area contributed by atoms with Crippen LogP contribution in [0.25, 0.3) is 0 Å². The molecule has 5 heteroatoms. The largest absolute Gasteiger partial charge is 0.496 e. The summed E-state index contributed by atoms with van der Waals surface area (Å²) in [5.74, 6) is 0.0507. The van der Waals surface area contributed by atoms with Gasteiger partial charge in [0.05, 0.1) is 19.8 Å². The summed E-state index contributed by atoms with van der Waals surface area (Å²) in [6.07, 6.45) is 0.187. The predicted molar refractivity (Wildman–Crippen MR) is 72.1 cm³/mol. The molecule has 0 saturated carbocycles. The van der Waals surface area contributed by atoms with Crippen LogP contribution in [0.2, 0.25) is 5.02 Å². The summed E-state index contributed by atoms with van der Waals surface area (Å²) >= 11 is 5.93. The molecule has 0 amide bonds. The van der Waals surface area contributed by atoms with E-state index < -0.39 is 11.4 Å². The average Bonchev–Trinajstić information content (AvgIpc) is 2.39. The van der Waals surface area contributed by atoms with Crippen molar-refractivity contribution in [2.45, 2.75) is 20.3 Å². The monoisotopic (exact) mass is 281 g/mol. The first-order chi connectivity index (χ1) is 8.96. The Labute approximate surface area is 117 Å². The van der Waals surface area contributed by atoms with Crippen molar-refractivity contribution in [3.63, 3.8) is 0 Å². The lowest BCUT2D eigenvalue weighted by molar-refractivity contribution is -0.151. The second-order valence-electron chi connectivity index (χ2n) is 4.30. The minimum Gasteiger partial charge on any atom is -0.496 e. The Morgan fingerprint density at radius 3 is 2.74 bits per heavy atom. The van der Waals surface area contributed by atoms with E-state index in [4.69, 9.17) is 21.1 Å². The van der Waals surface area contributed by atoms with Gasteiger partial charge in [-0.3, -0.25) is 4.79 Å². The van der Waals surface area contributed by atoms with Gasteiger partial charge in [-0.15, -0.1) is 0 Å². The van der Waals surface area contributed by atoms with Gasteiger partial charge in [0.2, 0.25) is 0 Å². The van der Waals surface area contributed by atoms with Gasteiger partial charge in [-0.05, 0) is 37.6 Å². The van der Waals surface area contributed by atoms with Gasteiger partial charge >= 0.3 is 5.97 Å². The van der Waals surface area contributed by atoms with E-state index in [0.29, 0.717) is 16.3 Å². The molecule has 0 aliphatic carbocycles. The highest BCUT2D eigenvalue weighted by Gasteiger charge is 2.36. The first kappa shape index (κ1) is 15.3. The van der Waals surface area contributed by atoms with Crippen molar-refractivity contribution in [3.05, 3.63) is 28.8 Å². The highest BCUT2D eigenvalue weighted by Crippen LogP contribution is 2.30. The van der Waals surface area contributed by atoms with Crippen molar-refractivity contribution in [3.8, 4) is 11.8 Å². The summed E-state index contributed by atoms with van der Waals surface area (Å²) in [6, 6.07) is 7.10. The fourth-order valence-electron chi connectivity index (χ4n) is 1.71. The zero-order valence-electron chi connectivity index (χ0n) is 11.2. The maximum absolute atomic E-state index is 11.9.